The Labute approximate surface area is 155 Å². The van der Waals surface area contributed by atoms with E-state index in [4.69, 9.17) is 0 Å². The third-order valence-electron chi connectivity index (χ3n) is 5.84. The second-order valence-electron chi connectivity index (χ2n) is 7.77. The first kappa shape index (κ1) is 17.1. The highest BCUT2D eigenvalue weighted by molar-refractivity contribution is 6.07. The van der Waals surface area contributed by atoms with Crippen molar-refractivity contribution in [2.75, 3.05) is 22.9 Å². The van der Waals surface area contributed by atoms with Crippen LogP contribution < -0.4 is 9.80 Å². The van der Waals surface area contributed by atoms with E-state index in [1.807, 2.05) is 29.2 Å². The highest BCUT2D eigenvalue weighted by Gasteiger charge is 2.29. The van der Waals surface area contributed by atoms with Crippen molar-refractivity contribution >= 4 is 17.4 Å². The van der Waals surface area contributed by atoms with Crippen molar-refractivity contribution in [3.05, 3.63) is 53.7 Å². The van der Waals surface area contributed by atoms with Crippen LogP contribution in [0.15, 0.2) is 42.6 Å². The fourth-order valence-electron chi connectivity index (χ4n) is 4.07. The first-order chi connectivity index (χ1) is 12.6. The average Bonchev–Trinajstić information content (AvgIpc) is 2.68. The van der Waals surface area contributed by atoms with Gasteiger partial charge in [0, 0.05) is 31.0 Å². The molecule has 1 amide bonds. The summed E-state index contributed by atoms with van der Waals surface area (Å²) >= 11 is 0. The van der Waals surface area contributed by atoms with E-state index < -0.39 is 0 Å². The number of hydrogen-bond acceptors (Lipinski definition) is 3. The van der Waals surface area contributed by atoms with Crippen molar-refractivity contribution in [1.82, 2.24) is 4.98 Å². The zero-order valence-corrected chi connectivity index (χ0v) is 15.7. The van der Waals surface area contributed by atoms with E-state index in [0.29, 0.717) is 5.56 Å². The number of anilines is 2. The molecule has 4 heteroatoms. The Morgan fingerprint density at radius 2 is 1.81 bits per heavy atom. The van der Waals surface area contributed by atoms with Gasteiger partial charge in [0.1, 0.15) is 5.82 Å². The minimum Gasteiger partial charge on any atom is -0.357 e. The SMILES string of the molecule is CC1CCN(c2ccc(C(=O)N3c4ccccc4CCC3C)cn2)CC1. The smallest absolute Gasteiger partial charge is 0.260 e. The number of pyridine rings is 1. The van der Waals surface area contributed by atoms with E-state index in [1.165, 1.54) is 18.4 Å². The normalized spacial score (nSPS) is 20.8. The molecule has 0 aliphatic carbocycles. The van der Waals surface area contributed by atoms with Gasteiger partial charge in [-0.1, -0.05) is 25.1 Å². The minimum absolute atomic E-state index is 0.0518. The number of fused-ring (bicyclic) bond motifs is 1. The molecule has 0 radical (unpaired) electrons. The fraction of sp³-hybridized carbons (Fsp3) is 0.455. The topological polar surface area (TPSA) is 36.4 Å². The Morgan fingerprint density at radius 3 is 2.54 bits per heavy atom. The highest BCUT2D eigenvalue weighted by atomic mass is 16.2. The quantitative estimate of drug-likeness (QED) is 0.811. The summed E-state index contributed by atoms with van der Waals surface area (Å²) in [5.41, 5.74) is 2.97. The fourth-order valence-corrected chi connectivity index (χ4v) is 4.07. The van der Waals surface area contributed by atoms with Crippen molar-refractivity contribution in [2.45, 2.75) is 45.6 Å². The molecule has 2 aliphatic heterocycles. The average molecular weight is 349 g/mol. The Balaban J connectivity index is 1.55. The number of aromatic nitrogens is 1. The molecule has 1 aromatic carbocycles. The van der Waals surface area contributed by atoms with Crippen LogP contribution in [0.4, 0.5) is 11.5 Å². The zero-order chi connectivity index (χ0) is 18.1. The molecule has 2 aliphatic rings. The number of carbonyl (C=O) groups excluding carboxylic acids is 1. The largest absolute Gasteiger partial charge is 0.357 e. The van der Waals surface area contributed by atoms with Crippen molar-refractivity contribution < 1.29 is 4.79 Å². The standard InChI is InChI=1S/C22H27N3O/c1-16-11-13-24(14-12-16)21-10-9-19(15-23-21)22(26)25-17(2)7-8-18-5-3-4-6-20(18)25/h3-6,9-10,15-17H,7-8,11-14H2,1-2H3. The number of amides is 1. The molecule has 3 heterocycles. The molecule has 0 spiro atoms. The molecule has 2 aromatic rings. The van der Waals surface area contributed by atoms with Gasteiger partial charge in [0.15, 0.2) is 0 Å². The summed E-state index contributed by atoms with van der Waals surface area (Å²) in [5.74, 6) is 1.84. The van der Waals surface area contributed by atoms with Crippen molar-refractivity contribution in [3.8, 4) is 0 Å². The summed E-state index contributed by atoms with van der Waals surface area (Å²) in [6, 6.07) is 12.4. The summed E-state index contributed by atoms with van der Waals surface area (Å²) in [6.07, 6.45) is 6.21. The summed E-state index contributed by atoms with van der Waals surface area (Å²) in [7, 11) is 0. The molecule has 4 nitrogen and oxygen atoms in total. The number of piperidine rings is 1. The lowest BCUT2D eigenvalue weighted by molar-refractivity contribution is 0.0975. The van der Waals surface area contributed by atoms with Crippen LogP contribution in [0.3, 0.4) is 0 Å². The van der Waals surface area contributed by atoms with Crippen LogP contribution in [0.2, 0.25) is 0 Å². The highest BCUT2D eigenvalue weighted by Crippen LogP contribution is 2.32. The van der Waals surface area contributed by atoms with Gasteiger partial charge in [-0.25, -0.2) is 4.98 Å². The maximum absolute atomic E-state index is 13.2. The molecular weight excluding hydrogens is 322 g/mol. The van der Waals surface area contributed by atoms with Crippen molar-refractivity contribution in [2.24, 2.45) is 5.92 Å². The molecule has 0 bridgehead atoms. The lowest BCUT2D eigenvalue weighted by Crippen LogP contribution is -2.42. The third kappa shape index (κ3) is 3.20. The van der Waals surface area contributed by atoms with Gasteiger partial charge in [-0.2, -0.15) is 0 Å². The van der Waals surface area contributed by atoms with E-state index in [0.717, 1.165) is 43.4 Å². The second kappa shape index (κ2) is 7.10. The lowest BCUT2D eigenvalue weighted by atomic mass is 9.96. The number of nitrogens with zero attached hydrogens (tertiary/aromatic N) is 3. The van der Waals surface area contributed by atoms with Gasteiger partial charge in [-0.05, 0) is 62.3 Å². The molecule has 1 atom stereocenters. The number of benzene rings is 1. The molecular formula is C22H27N3O. The number of aryl methyl sites for hydroxylation is 1. The molecule has 0 N–H and O–H groups in total. The maximum Gasteiger partial charge on any atom is 0.260 e. The van der Waals surface area contributed by atoms with E-state index in [-0.39, 0.29) is 11.9 Å². The monoisotopic (exact) mass is 349 g/mol. The molecule has 1 fully saturated rings. The summed E-state index contributed by atoms with van der Waals surface area (Å²) in [6.45, 7) is 6.55. The molecule has 1 saturated heterocycles. The van der Waals surface area contributed by atoms with Gasteiger partial charge in [0.2, 0.25) is 0 Å². The summed E-state index contributed by atoms with van der Waals surface area (Å²) in [4.78, 5) is 22.0. The molecule has 4 rings (SSSR count). The Bertz CT molecular complexity index is 778. The predicted octanol–water partition coefficient (Wildman–Crippen LogP) is 4.30. The molecule has 26 heavy (non-hydrogen) atoms. The molecule has 1 unspecified atom stereocenters. The third-order valence-corrected chi connectivity index (χ3v) is 5.84. The molecule has 136 valence electrons. The van der Waals surface area contributed by atoms with Crippen molar-refractivity contribution in [1.29, 1.82) is 0 Å². The molecule has 1 aromatic heterocycles. The number of para-hydroxylation sites is 1. The number of carbonyl (C=O) groups is 1. The predicted molar refractivity (Wildman–Crippen MR) is 106 cm³/mol. The first-order valence-electron chi connectivity index (χ1n) is 9.76. The van der Waals surface area contributed by atoms with E-state index >= 15 is 0 Å². The van der Waals surface area contributed by atoms with Gasteiger partial charge in [-0.3, -0.25) is 4.79 Å². The van der Waals surface area contributed by atoms with Gasteiger partial charge in [0.25, 0.3) is 5.91 Å². The van der Waals surface area contributed by atoms with Crippen LogP contribution in [0, 0.1) is 5.92 Å². The van der Waals surface area contributed by atoms with Gasteiger partial charge >= 0.3 is 0 Å². The Kier molecular flexibility index (Phi) is 4.66. The summed E-state index contributed by atoms with van der Waals surface area (Å²) in [5, 5.41) is 0. The van der Waals surface area contributed by atoms with E-state index in [9.17, 15) is 4.79 Å². The van der Waals surface area contributed by atoms with Gasteiger partial charge < -0.3 is 9.80 Å². The van der Waals surface area contributed by atoms with Crippen LogP contribution in [-0.4, -0.2) is 30.0 Å². The van der Waals surface area contributed by atoms with Crippen LogP contribution >= 0.6 is 0 Å². The van der Waals surface area contributed by atoms with E-state index in [2.05, 4.69) is 35.9 Å². The van der Waals surface area contributed by atoms with Crippen LogP contribution in [0.5, 0.6) is 0 Å². The number of hydrogen-bond donors (Lipinski definition) is 0. The van der Waals surface area contributed by atoms with Gasteiger partial charge in [-0.15, -0.1) is 0 Å². The van der Waals surface area contributed by atoms with Crippen molar-refractivity contribution in [3.63, 3.8) is 0 Å². The summed E-state index contributed by atoms with van der Waals surface area (Å²) < 4.78 is 0. The second-order valence-corrected chi connectivity index (χ2v) is 7.77. The van der Waals surface area contributed by atoms with E-state index in [1.54, 1.807) is 6.20 Å². The Morgan fingerprint density at radius 1 is 1.04 bits per heavy atom. The maximum atomic E-state index is 13.2. The van der Waals surface area contributed by atoms with Gasteiger partial charge in [0.05, 0.1) is 5.56 Å². The van der Waals surface area contributed by atoms with Crippen LogP contribution in [0.25, 0.3) is 0 Å². The zero-order valence-electron chi connectivity index (χ0n) is 15.7. The first-order valence-corrected chi connectivity index (χ1v) is 9.76. The Hall–Kier alpha value is -2.36. The number of rotatable bonds is 2. The lowest BCUT2D eigenvalue weighted by Gasteiger charge is -2.35. The van der Waals surface area contributed by atoms with Crippen LogP contribution in [-0.2, 0) is 6.42 Å². The molecule has 0 saturated carbocycles. The minimum atomic E-state index is 0.0518. The van der Waals surface area contributed by atoms with Crippen LogP contribution in [0.1, 0.15) is 49.0 Å².